The fourth-order valence-corrected chi connectivity index (χ4v) is 0.0861. The van der Waals surface area contributed by atoms with Gasteiger partial charge in [-0.3, -0.25) is 0 Å². The van der Waals surface area contributed by atoms with Crippen LogP contribution in [0.3, 0.4) is 0 Å². The maximum Gasteiger partial charge on any atom is 0.187 e. The molecular weight excluding hydrogens is 219 g/mol. The van der Waals surface area contributed by atoms with Gasteiger partial charge in [0.2, 0.25) is 0 Å². The zero-order valence-electron chi connectivity index (χ0n) is 5.66. The zero-order chi connectivity index (χ0) is 8.24. The summed E-state index contributed by atoms with van der Waals surface area (Å²) in [4.78, 5) is 0. The van der Waals surface area contributed by atoms with Gasteiger partial charge in [-0.05, 0) is 0 Å². The van der Waals surface area contributed by atoms with Crippen LogP contribution in [0.4, 0.5) is 0 Å². The predicted octanol–water partition coefficient (Wildman–Crippen LogP) is 1.20. The minimum Gasteiger partial charge on any atom is -0.811 e. The van der Waals surface area contributed by atoms with Crippen molar-refractivity contribution in [1.82, 2.24) is 0 Å². The molecule has 12 heavy (non-hydrogen) atoms. The molecule has 0 aliphatic carbocycles. The first-order chi connectivity index (χ1) is 4.83. The van der Waals surface area contributed by atoms with Gasteiger partial charge in [0, 0.05) is 17.1 Å². The summed E-state index contributed by atoms with van der Waals surface area (Å²) >= 11 is 0. The second-order valence-electron chi connectivity index (χ2n) is 1.02. The maximum atomic E-state index is 7.73. The van der Waals surface area contributed by atoms with Crippen LogP contribution in [0.1, 0.15) is 0 Å². The van der Waals surface area contributed by atoms with Crippen LogP contribution in [0.25, 0.3) is 22.3 Å². The van der Waals surface area contributed by atoms with E-state index in [0.717, 1.165) is 24.8 Å². The van der Waals surface area contributed by atoms with E-state index in [1.807, 2.05) is 0 Å². The number of allylic oxidation sites excluding steroid dienone is 2. The van der Waals surface area contributed by atoms with Gasteiger partial charge >= 0.3 is 0 Å². The van der Waals surface area contributed by atoms with E-state index >= 15 is 0 Å². The molecule has 0 atom stereocenters. The molecule has 0 aromatic heterocycles. The summed E-state index contributed by atoms with van der Waals surface area (Å²) in [6.07, 6.45) is 6.07. The molecule has 1 radical (unpaired) electrons. The Balaban J connectivity index is -0.0000000457. The first-order valence-electron chi connectivity index (χ1n) is 2.43. The summed E-state index contributed by atoms with van der Waals surface area (Å²) in [5, 5.41) is 15.5. The first kappa shape index (κ1) is 22.5. The second-order valence-corrected chi connectivity index (χ2v) is 1.02. The minimum absolute atomic E-state index is 0. The average Bonchev–Trinajstić information content (AvgIpc) is 1.93. The van der Waals surface area contributed by atoms with E-state index in [-0.39, 0.29) is 34.4 Å². The number of hydrogen-bond donors (Lipinski definition) is 0. The van der Waals surface area contributed by atoms with Gasteiger partial charge in [-0.1, -0.05) is 0 Å². The fraction of sp³-hybridized carbons (Fsp3) is 0. The quantitative estimate of drug-likeness (QED) is 0.503. The summed E-state index contributed by atoms with van der Waals surface area (Å²) < 4.78 is 0. The number of rotatable bonds is 2. The second kappa shape index (κ2) is 31.4. The number of hydrogen-bond acceptors (Lipinski definition) is 0. The third kappa shape index (κ3) is 56.4. The smallest absolute Gasteiger partial charge is 0.187 e. The SMILES string of the molecule is [AlH3].[Cu].[N-]=CC=C[NH-].[N-]=CC=C[NH-]. The Hall–Kier alpha value is -0.528. The van der Waals surface area contributed by atoms with Gasteiger partial charge in [-0.15, -0.1) is 12.2 Å². The van der Waals surface area contributed by atoms with Gasteiger partial charge in [-0.25, -0.2) is 0 Å². The number of nitrogens with zero attached hydrogens (tertiary/aromatic N) is 2. The van der Waals surface area contributed by atoms with Crippen LogP contribution in [-0.2, 0) is 17.1 Å². The molecule has 0 aliphatic heterocycles. The van der Waals surface area contributed by atoms with E-state index in [0.29, 0.717) is 0 Å². The van der Waals surface area contributed by atoms with Gasteiger partial charge < -0.3 is 22.3 Å². The van der Waals surface area contributed by atoms with Gasteiger partial charge in [-0.2, -0.15) is 24.8 Å². The third-order valence-electron chi connectivity index (χ3n) is 0.365. The molecule has 0 saturated carbocycles. The van der Waals surface area contributed by atoms with E-state index in [2.05, 4.69) is 0 Å². The van der Waals surface area contributed by atoms with Crippen molar-refractivity contribution in [3.05, 3.63) is 46.8 Å². The molecule has 0 aromatic rings. The molecule has 2 N–H and O–H groups in total. The van der Waals surface area contributed by atoms with E-state index in [4.69, 9.17) is 22.3 Å². The van der Waals surface area contributed by atoms with Crippen molar-refractivity contribution in [2.24, 2.45) is 0 Å². The summed E-state index contributed by atoms with van der Waals surface area (Å²) in [7, 11) is 0. The van der Waals surface area contributed by atoms with Crippen LogP contribution in [0.5, 0.6) is 0 Å². The van der Waals surface area contributed by atoms with Crippen molar-refractivity contribution in [3.63, 3.8) is 0 Å². The van der Waals surface area contributed by atoms with Crippen molar-refractivity contribution in [2.45, 2.75) is 0 Å². The molecule has 0 aromatic carbocycles. The van der Waals surface area contributed by atoms with Crippen molar-refractivity contribution >= 4 is 29.8 Å². The van der Waals surface area contributed by atoms with Crippen LogP contribution < -0.4 is 0 Å². The van der Waals surface area contributed by atoms with Crippen molar-refractivity contribution in [3.8, 4) is 0 Å². The fourth-order valence-electron chi connectivity index (χ4n) is 0.0861. The molecule has 0 amide bonds. The van der Waals surface area contributed by atoms with Crippen LogP contribution >= 0.6 is 0 Å². The molecule has 0 heterocycles. The molecule has 6 heteroatoms. The van der Waals surface area contributed by atoms with Crippen LogP contribution in [0.2, 0.25) is 0 Å². The van der Waals surface area contributed by atoms with Gasteiger partial charge in [0.15, 0.2) is 17.4 Å². The van der Waals surface area contributed by atoms with Gasteiger partial charge in [0.1, 0.15) is 0 Å². The molecular formula is C6H11AlCuN4-4. The third-order valence-corrected chi connectivity index (χ3v) is 0.365. The summed E-state index contributed by atoms with van der Waals surface area (Å²) in [6, 6.07) is 0. The monoisotopic (exact) mass is 229 g/mol. The molecule has 0 bridgehead atoms. The molecule has 0 saturated heterocycles. The Bertz CT molecular complexity index is 120. The van der Waals surface area contributed by atoms with Gasteiger partial charge in [0.05, 0.1) is 0 Å². The summed E-state index contributed by atoms with van der Waals surface area (Å²) in [6.45, 7) is 0. The van der Waals surface area contributed by atoms with E-state index < -0.39 is 0 Å². The Morgan fingerprint density at radius 3 is 1.08 bits per heavy atom. The molecule has 0 fully saturated rings. The van der Waals surface area contributed by atoms with E-state index in [1.54, 1.807) is 0 Å². The first-order valence-corrected chi connectivity index (χ1v) is 2.43. The zero-order valence-corrected chi connectivity index (χ0v) is 6.60. The van der Waals surface area contributed by atoms with Crippen molar-refractivity contribution < 1.29 is 17.1 Å². The van der Waals surface area contributed by atoms with Gasteiger partial charge in [0.25, 0.3) is 0 Å². The molecule has 0 aliphatic rings. The Labute approximate surface area is 93.7 Å². The molecule has 0 unspecified atom stereocenters. The van der Waals surface area contributed by atoms with E-state index in [9.17, 15) is 0 Å². The summed E-state index contributed by atoms with van der Waals surface area (Å²) in [5.41, 5.74) is 12.5. The minimum atomic E-state index is 0. The largest absolute Gasteiger partial charge is 0.811 e. The Morgan fingerprint density at radius 2 is 1.08 bits per heavy atom. The standard InChI is InChI=1S/2C3H4N2.Al.Cu.3H/c2*4-2-1-3-5;;;;;/h2*1-4H;;;;;/q2*-2;;;;;. The normalized spacial score (nSPS) is 7.33. The van der Waals surface area contributed by atoms with Crippen LogP contribution in [0.15, 0.2) is 24.6 Å². The van der Waals surface area contributed by atoms with Crippen molar-refractivity contribution in [2.75, 3.05) is 0 Å². The molecule has 4 nitrogen and oxygen atoms in total. The van der Waals surface area contributed by atoms with Crippen LogP contribution in [-0.4, -0.2) is 29.8 Å². The molecule has 0 rings (SSSR count). The number of nitrogens with one attached hydrogen (secondary N) is 2. The Morgan fingerprint density at radius 1 is 0.833 bits per heavy atom. The topological polar surface area (TPSA) is 92.2 Å². The molecule has 0 spiro atoms. The summed E-state index contributed by atoms with van der Waals surface area (Å²) in [5.74, 6) is 0. The van der Waals surface area contributed by atoms with Crippen molar-refractivity contribution in [1.29, 1.82) is 0 Å². The predicted molar refractivity (Wildman–Crippen MR) is 55.7 cm³/mol. The molecule has 73 valence electrons. The maximum absolute atomic E-state index is 7.73. The Kier molecular flexibility index (Phi) is 58.9. The van der Waals surface area contributed by atoms with Crippen LogP contribution in [0, 0.1) is 0 Å². The van der Waals surface area contributed by atoms with E-state index in [1.165, 1.54) is 12.2 Å². The average molecular weight is 230 g/mol.